The van der Waals surface area contributed by atoms with Crippen LogP contribution in [0.2, 0.25) is 0 Å². The Morgan fingerprint density at radius 2 is 2.29 bits per heavy atom. The normalized spacial score (nSPS) is 23.5. The summed E-state index contributed by atoms with van der Waals surface area (Å²) in [6.07, 6.45) is 0.282. The van der Waals surface area contributed by atoms with Crippen molar-refractivity contribution in [3.05, 3.63) is 35.6 Å². The molecule has 1 atom stereocenters. The zero-order chi connectivity index (χ0) is 12.5. The first-order valence-corrected chi connectivity index (χ1v) is 5.28. The van der Waals surface area contributed by atoms with Gasteiger partial charge >= 0.3 is 0 Å². The number of likely N-dealkylation sites (N-methyl/N-ethyl adjacent to an activating group) is 1. The minimum Gasteiger partial charge on any atom is -0.369 e. The van der Waals surface area contributed by atoms with Crippen molar-refractivity contribution in [3.63, 3.8) is 0 Å². The molecule has 1 saturated heterocycles. The minimum atomic E-state index is -1.62. The highest BCUT2D eigenvalue weighted by Gasteiger charge is 2.42. The summed E-state index contributed by atoms with van der Waals surface area (Å²) in [5.41, 5.74) is -1.18. The predicted octanol–water partition coefficient (Wildman–Crippen LogP) is 0.770. The maximum absolute atomic E-state index is 12.9. The second kappa shape index (κ2) is 4.19. The number of amides is 1. The first-order valence-electron chi connectivity index (χ1n) is 5.28. The van der Waals surface area contributed by atoms with Gasteiger partial charge in [0.15, 0.2) is 0 Å². The largest absolute Gasteiger partial charge is 0.369 e. The van der Waals surface area contributed by atoms with Crippen LogP contribution in [0.15, 0.2) is 24.3 Å². The summed E-state index contributed by atoms with van der Waals surface area (Å²) in [6.45, 7) is 0.479. The summed E-state index contributed by atoms with van der Waals surface area (Å²) >= 11 is 0. The SMILES string of the molecule is CN1CC[C@@](O)(C#Cc2cccc(F)c2)C1=O. The van der Waals surface area contributed by atoms with Crippen LogP contribution in [-0.4, -0.2) is 35.1 Å². The van der Waals surface area contributed by atoms with Gasteiger partial charge in [-0.15, -0.1) is 0 Å². The molecule has 1 aliphatic heterocycles. The number of likely N-dealkylation sites (tertiary alicyclic amines) is 1. The van der Waals surface area contributed by atoms with Gasteiger partial charge in [-0.2, -0.15) is 0 Å². The number of nitrogens with zero attached hydrogens (tertiary/aromatic N) is 1. The first-order chi connectivity index (χ1) is 8.01. The molecule has 0 saturated carbocycles. The van der Waals surface area contributed by atoms with Gasteiger partial charge in [0.1, 0.15) is 5.82 Å². The molecule has 0 radical (unpaired) electrons. The van der Waals surface area contributed by atoms with Gasteiger partial charge < -0.3 is 10.0 Å². The lowest BCUT2D eigenvalue weighted by atomic mass is 10.0. The van der Waals surface area contributed by atoms with Gasteiger partial charge in [-0.3, -0.25) is 4.79 Å². The molecular weight excluding hydrogens is 221 g/mol. The van der Waals surface area contributed by atoms with Crippen LogP contribution < -0.4 is 0 Å². The highest BCUT2D eigenvalue weighted by atomic mass is 19.1. The van der Waals surface area contributed by atoms with Crippen LogP contribution >= 0.6 is 0 Å². The maximum Gasteiger partial charge on any atom is 0.267 e. The smallest absolute Gasteiger partial charge is 0.267 e. The van der Waals surface area contributed by atoms with E-state index in [4.69, 9.17) is 0 Å². The van der Waals surface area contributed by atoms with Crippen molar-refractivity contribution in [1.82, 2.24) is 4.90 Å². The molecule has 17 heavy (non-hydrogen) atoms. The quantitative estimate of drug-likeness (QED) is 0.672. The first kappa shape index (κ1) is 11.6. The van der Waals surface area contributed by atoms with E-state index in [0.29, 0.717) is 12.1 Å². The highest BCUT2D eigenvalue weighted by Crippen LogP contribution is 2.20. The molecule has 1 aliphatic rings. The molecule has 1 N–H and O–H groups in total. The van der Waals surface area contributed by atoms with Crippen molar-refractivity contribution in [2.24, 2.45) is 0 Å². The summed E-state index contributed by atoms with van der Waals surface area (Å²) in [5, 5.41) is 10.0. The van der Waals surface area contributed by atoms with Gasteiger partial charge in [0.05, 0.1) is 0 Å². The predicted molar refractivity (Wildman–Crippen MR) is 60.5 cm³/mol. The van der Waals surface area contributed by atoms with Gasteiger partial charge in [0, 0.05) is 25.6 Å². The third-order valence-electron chi connectivity index (χ3n) is 2.75. The molecule has 0 aliphatic carbocycles. The highest BCUT2D eigenvalue weighted by molar-refractivity contribution is 5.90. The third-order valence-corrected chi connectivity index (χ3v) is 2.75. The van der Waals surface area contributed by atoms with Crippen molar-refractivity contribution in [2.75, 3.05) is 13.6 Å². The second-order valence-corrected chi connectivity index (χ2v) is 4.10. The molecule has 0 bridgehead atoms. The van der Waals surface area contributed by atoms with E-state index in [1.54, 1.807) is 13.1 Å². The van der Waals surface area contributed by atoms with Gasteiger partial charge in [0.2, 0.25) is 5.60 Å². The Labute approximate surface area is 98.9 Å². The van der Waals surface area contributed by atoms with Crippen LogP contribution in [0, 0.1) is 17.7 Å². The summed E-state index contributed by atoms with van der Waals surface area (Å²) < 4.78 is 12.9. The summed E-state index contributed by atoms with van der Waals surface area (Å²) in [5.74, 6) is 4.37. The molecule has 2 rings (SSSR count). The zero-order valence-corrected chi connectivity index (χ0v) is 9.40. The third kappa shape index (κ3) is 2.29. The number of halogens is 1. The standard InChI is InChI=1S/C13H12FNO2/c1-15-8-7-13(17,12(15)16)6-5-10-3-2-4-11(14)9-10/h2-4,9,17H,7-8H2,1H3/t13-/m0/s1. The van der Waals surface area contributed by atoms with Crippen LogP contribution in [-0.2, 0) is 4.79 Å². The molecule has 0 spiro atoms. The number of carbonyl (C=O) groups is 1. The lowest BCUT2D eigenvalue weighted by Gasteiger charge is -2.13. The second-order valence-electron chi connectivity index (χ2n) is 4.10. The number of aliphatic hydroxyl groups is 1. The summed E-state index contributed by atoms with van der Waals surface area (Å²) in [7, 11) is 1.62. The van der Waals surface area contributed by atoms with Crippen molar-refractivity contribution >= 4 is 5.91 Å². The van der Waals surface area contributed by atoms with E-state index in [1.807, 2.05) is 0 Å². The Morgan fingerprint density at radius 3 is 2.88 bits per heavy atom. The molecule has 4 heteroatoms. The van der Waals surface area contributed by atoms with Crippen molar-refractivity contribution < 1.29 is 14.3 Å². The number of benzene rings is 1. The van der Waals surface area contributed by atoms with E-state index in [9.17, 15) is 14.3 Å². The monoisotopic (exact) mass is 233 g/mol. The number of hydrogen-bond donors (Lipinski definition) is 1. The van der Waals surface area contributed by atoms with Crippen LogP contribution in [0.1, 0.15) is 12.0 Å². The van der Waals surface area contributed by atoms with E-state index in [2.05, 4.69) is 11.8 Å². The van der Waals surface area contributed by atoms with Crippen molar-refractivity contribution in [1.29, 1.82) is 0 Å². The average molecular weight is 233 g/mol. The molecule has 0 unspecified atom stereocenters. The molecule has 1 aromatic carbocycles. The lowest BCUT2D eigenvalue weighted by molar-refractivity contribution is -0.137. The van der Waals surface area contributed by atoms with Crippen molar-refractivity contribution in [3.8, 4) is 11.8 Å². The fraction of sp³-hybridized carbons (Fsp3) is 0.308. The molecular formula is C13H12FNO2. The molecule has 1 amide bonds. The number of rotatable bonds is 0. The lowest BCUT2D eigenvalue weighted by Crippen LogP contribution is -2.37. The fourth-order valence-electron chi connectivity index (χ4n) is 1.71. The molecule has 3 nitrogen and oxygen atoms in total. The Hall–Kier alpha value is -1.86. The number of carbonyl (C=O) groups excluding carboxylic acids is 1. The van der Waals surface area contributed by atoms with Gasteiger partial charge in [-0.05, 0) is 18.2 Å². The van der Waals surface area contributed by atoms with Crippen molar-refractivity contribution in [2.45, 2.75) is 12.0 Å². The number of hydrogen-bond acceptors (Lipinski definition) is 2. The molecule has 88 valence electrons. The van der Waals surface area contributed by atoms with Crippen LogP contribution in [0.4, 0.5) is 4.39 Å². The maximum atomic E-state index is 12.9. The molecule has 1 fully saturated rings. The summed E-state index contributed by atoms with van der Waals surface area (Å²) in [6, 6.07) is 5.74. The van der Waals surface area contributed by atoms with Gasteiger partial charge in [-0.25, -0.2) is 4.39 Å². The van der Waals surface area contributed by atoms with E-state index >= 15 is 0 Å². The average Bonchev–Trinajstić information content (AvgIpc) is 2.56. The molecule has 1 aromatic rings. The van der Waals surface area contributed by atoms with Gasteiger partial charge in [0.25, 0.3) is 5.91 Å². The zero-order valence-electron chi connectivity index (χ0n) is 9.40. The minimum absolute atomic E-state index is 0.282. The fourth-order valence-corrected chi connectivity index (χ4v) is 1.71. The van der Waals surface area contributed by atoms with Crippen LogP contribution in [0.5, 0.6) is 0 Å². The Balaban J connectivity index is 2.25. The van der Waals surface area contributed by atoms with Crippen LogP contribution in [0.3, 0.4) is 0 Å². The van der Waals surface area contributed by atoms with Gasteiger partial charge in [-0.1, -0.05) is 17.9 Å². The van der Waals surface area contributed by atoms with E-state index < -0.39 is 17.3 Å². The Bertz CT molecular complexity index is 518. The Kier molecular flexibility index (Phi) is 2.86. The van der Waals surface area contributed by atoms with E-state index in [1.165, 1.54) is 23.1 Å². The van der Waals surface area contributed by atoms with E-state index in [-0.39, 0.29) is 6.42 Å². The Morgan fingerprint density at radius 1 is 1.53 bits per heavy atom. The topological polar surface area (TPSA) is 40.5 Å². The van der Waals surface area contributed by atoms with Crippen LogP contribution in [0.25, 0.3) is 0 Å². The molecule has 0 aromatic heterocycles. The molecule has 1 heterocycles. The summed E-state index contributed by atoms with van der Waals surface area (Å²) in [4.78, 5) is 13.0. The van der Waals surface area contributed by atoms with E-state index in [0.717, 1.165) is 0 Å².